The number of hydrogen-bond acceptors (Lipinski definition) is 7. The molecule has 2 amide bonds. The molecule has 204 valence electrons. The standard InChI is InChI=1S/C29H34N4O4S.2H2/c34-26(30-18-25-19-36-14-15-37-25)16-21-6-8-22(9-7-21)23-10-12-24(13-11-23)28(35)31-29-33-32-27(38-29)17-20-4-2-1-3-5-20;;/h1-5,10-13,21-22,25H,6-9,14-19H2,(H,30,34)(H,31,33,35);2*1H. The van der Waals surface area contributed by atoms with E-state index in [0.29, 0.717) is 61.7 Å². The van der Waals surface area contributed by atoms with Gasteiger partial charge in [-0.05, 0) is 60.8 Å². The first-order chi connectivity index (χ1) is 18.6. The van der Waals surface area contributed by atoms with E-state index >= 15 is 0 Å². The van der Waals surface area contributed by atoms with Gasteiger partial charge in [0.25, 0.3) is 5.91 Å². The number of amides is 2. The second-order valence-corrected chi connectivity index (χ2v) is 11.1. The van der Waals surface area contributed by atoms with Crippen LogP contribution in [0.3, 0.4) is 0 Å². The highest BCUT2D eigenvalue weighted by Crippen LogP contribution is 2.37. The molecule has 1 saturated carbocycles. The molecule has 1 aromatic heterocycles. The van der Waals surface area contributed by atoms with Crippen molar-refractivity contribution in [3.05, 3.63) is 76.3 Å². The number of carbonyl (C=O) groups excluding carboxylic acids is 2. The average Bonchev–Trinajstić information content (AvgIpc) is 3.40. The van der Waals surface area contributed by atoms with Crippen molar-refractivity contribution in [3.8, 4) is 0 Å². The third-order valence-electron chi connectivity index (χ3n) is 7.26. The van der Waals surface area contributed by atoms with Crippen LogP contribution in [0.5, 0.6) is 0 Å². The van der Waals surface area contributed by atoms with Gasteiger partial charge in [-0.15, -0.1) is 10.2 Å². The Morgan fingerprint density at radius 1 is 0.974 bits per heavy atom. The van der Waals surface area contributed by atoms with E-state index in [1.54, 1.807) is 0 Å². The van der Waals surface area contributed by atoms with Crippen LogP contribution in [0.4, 0.5) is 5.13 Å². The normalized spacial score (nSPS) is 21.5. The lowest BCUT2D eigenvalue weighted by Crippen LogP contribution is -2.40. The largest absolute Gasteiger partial charge is 0.376 e. The Kier molecular flexibility index (Phi) is 9.11. The number of benzene rings is 2. The lowest BCUT2D eigenvalue weighted by molar-refractivity contribution is -0.125. The van der Waals surface area contributed by atoms with Crippen molar-refractivity contribution < 1.29 is 21.9 Å². The summed E-state index contributed by atoms with van der Waals surface area (Å²) in [7, 11) is 0. The summed E-state index contributed by atoms with van der Waals surface area (Å²) in [5.74, 6) is 0.793. The monoisotopic (exact) mass is 538 g/mol. The lowest BCUT2D eigenvalue weighted by Gasteiger charge is -2.29. The van der Waals surface area contributed by atoms with Gasteiger partial charge < -0.3 is 14.8 Å². The van der Waals surface area contributed by atoms with Gasteiger partial charge >= 0.3 is 0 Å². The second kappa shape index (κ2) is 13.1. The molecule has 2 aromatic carbocycles. The first-order valence-electron chi connectivity index (χ1n) is 13.4. The zero-order valence-corrected chi connectivity index (χ0v) is 22.3. The molecule has 3 aromatic rings. The molecule has 0 bridgehead atoms. The first kappa shape index (κ1) is 26.5. The predicted molar refractivity (Wildman–Crippen MR) is 151 cm³/mol. The van der Waals surface area contributed by atoms with Crippen LogP contribution in [0.1, 0.15) is 67.4 Å². The van der Waals surface area contributed by atoms with Gasteiger partial charge in [-0.1, -0.05) is 53.8 Å². The summed E-state index contributed by atoms with van der Waals surface area (Å²) in [5.41, 5.74) is 3.01. The number of rotatable bonds is 9. The molecule has 2 fully saturated rings. The fourth-order valence-electron chi connectivity index (χ4n) is 5.14. The molecule has 9 heteroatoms. The maximum atomic E-state index is 12.7. The number of nitrogens with one attached hydrogen (secondary N) is 2. The molecular formula is C29H38N4O4S. The van der Waals surface area contributed by atoms with E-state index in [2.05, 4.69) is 45.1 Å². The van der Waals surface area contributed by atoms with Gasteiger partial charge in [-0.2, -0.15) is 0 Å². The molecule has 0 spiro atoms. The third-order valence-corrected chi connectivity index (χ3v) is 8.10. The SMILES string of the molecule is O=C(CC1CCC(c2ccc(C(=O)Nc3nnc(Cc4ccccc4)s3)cc2)CC1)NCC1COCCO1.[HH].[HH]. The van der Waals surface area contributed by atoms with Crippen LogP contribution in [-0.2, 0) is 20.7 Å². The summed E-state index contributed by atoms with van der Waals surface area (Å²) >= 11 is 1.40. The minimum atomic E-state index is -0.182. The van der Waals surface area contributed by atoms with Crippen molar-refractivity contribution in [3.63, 3.8) is 0 Å². The van der Waals surface area contributed by atoms with Crippen LogP contribution >= 0.6 is 11.3 Å². The van der Waals surface area contributed by atoms with Gasteiger partial charge in [0, 0.05) is 27.8 Å². The molecule has 2 heterocycles. The smallest absolute Gasteiger partial charge is 0.257 e. The molecule has 1 saturated heterocycles. The number of hydrogen-bond donors (Lipinski definition) is 2. The number of anilines is 1. The Hall–Kier alpha value is -3.14. The van der Waals surface area contributed by atoms with Crippen molar-refractivity contribution in [2.75, 3.05) is 31.7 Å². The summed E-state index contributed by atoms with van der Waals surface area (Å²) in [6, 6.07) is 18.0. The van der Waals surface area contributed by atoms with Crippen LogP contribution < -0.4 is 10.6 Å². The predicted octanol–water partition coefficient (Wildman–Crippen LogP) is 5.07. The fourth-order valence-corrected chi connectivity index (χ4v) is 5.91. The number of carbonyl (C=O) groups is 2. The van der Waals surface area contributed by atoms with Crippen LogP contribution in [0, 0.1) is 5.92 Å². The Bertz CT molecular complexity index is 1200. The van der Waals surface area contributed by atoms with Gasteiger partial charge in [0.1, 0.15) is 5.01 Å². The topological polar surface area (TPSA) is 102 Å². The maximum Gasteiger partial charge on any atom is 0.257 e. The van der Waals surface area contributed by atoms with Crippen molar-refractivity contribution >= 4 is 28.3 Å². The quantitative estimate of drug-likeness (QED) is 0.394. The van der Waals surface area contributed by atoms with E-state index in [4.69, 9.17) is 9.47 Å². The molecule has 38 heavy (non-hydrogen) atoms. The van der Waals surface area contributed by atoms with Crippen molar-refractivity contribution in [1.29, 1.82) is 0 Å². The molecule has 1 unspecified atom stereocenters. The molecular weight excluding hydrogens is 500 g/mol. The van der Waals surface area contributed by atoms with Crippen molar-refractivity contribution in [2.45, 2.75) is 50.5 Å². The van der Waals surface area contributed by atoms with Gasteiger partial charge in [0.05, 0.1) is 25.9 Å². The van der Waals surface area contributed by atoms with E-state index in [9.17, 15) is 9.59 Å². The zero-order valence-electron chi connectivity index (χ0n) is 21.4. The maximum absolute atomic E-state index is 12.7. The zero-order chi connectivity index (χ0) is 26.2. The second-order valence-electron chi connectivity index (χ2n) is 10.0. The molecule has 2 aliphatic rings. The minimum absolute atomic E-state index is 0. The molecule has 0 radical (unpaired) electrons. The number of aromatic nitrogens is 2. The Morgan fingerprint density at radius 3 is 2.50 bits per heavy atom. The minimum Gasteiger partial charge on any atom is -0.376 e. The van der Waals surface area contributed by atoms with E-state index in [0.717, 1.165) is 36.3 Å². The third kappa shape index (κ3) is 7.46. The first-order valence-corrected chi connectivity index (χ1v) is 14.2. The number of nitrogens with zero attached hydrogens (tertiary/aromatic N) is 2. The lowest BCUT2D eigenvalue weighted by atomic mass is 9.77. The van der Waals surface area contributed by atoms with Crippen LogP contribution in [0.2, 0.25) is 0 Å². The summed E-state index contributed by atoms with van der Waals surface area (Å²) in [6.45, 7) is 2.28. The number of ether oxygens (including phenoxy) is 2. The van der Waals surface area contributed by atoms with E-state index in [1.807, 2.05) is 30.3 Å². The molecule has 8 nitrogen and oxygen atoms in total. The van der Waals surface area contributed by atoms with Crippen molar-refractivity contribution in [1.82, 2.24) is 15.5 Å². The molecule has 5 rings (SSSR count). The van der Waals surface area contributed by atoms with Gasteiger partial charge in [0.2, 0.25) is 11.0 Å². The van der Waals surface area contributed by atoms with Crippen molar-refractivity contribution in [2.24, 2.45) is 5.92 Å². The van der Waals surface area contributed by atoms with E-state index in [-0.39, 0.29) is 20.8 Å². The highest BCUT2D eigenvalue weighted by molar-refractivity contribution is 7.15. The summed E-state index contributed by atoms with van der Waals surface area (Å²) in [5, 5.41) is 15.6. The fraction of sp³-hybridized carbons (Fsp3) is 0.448. The summed E-state index contributed by atoms with van der Waals surface area (Å²) in [6.07, 6.45) is 5.40. The molecule has 1 aliphatic carbocycles. The van der Waals surface area contributed by atoms with Gasteiger partial charge in [0.15, 0.2) is 0 Å². The highest BCUT2D eigenvalue weighted by atomic mass is 32.1. The average molecular weight is 539 g/mol. The Balaban J connectivity index is 0.00000220. The Labute approximate surface area is 230 Å². The van der Waals surface area contributed by atoms with Gasteiger partial charge in [-0.3, -0.25) is 14.9 Å². The Morgan fingerprint density at radius 2 is 1.76 bits per heavy atom. The van der Waals surface area contributed by atoms with Gasteiger partial charge in [-0.25, -0.2) is 0 Å². The van der Waals surface area contributed by atoms with E-state index in [1.165, 1.54) is 16.9 Å². The van der Waals surface area contributed by atoms with Crippen LogP contribution in [0.25, 0.3) is 0 Å². The molecule has 1 atom stereocenters. The van der Waals surface area contributed by atoms with Crippen LogP contribution in [-0.4, -0.2) is 54.5 Å². The molecule has 2 N–H and O–H groups in total. The summed E-state index contributed by atoms with van der Waals surface area (Å²) < 4.78 is 11.0. The van der Waals surface area contributed by atoms with Crippen LogP contribution in [0.15, 0.2) is 54.6 Å². The summed E-state index contributed by atoms with van der Waals surface area (Å²) in [4.78, 5) is 25.1. The highest BCUT2D eigenvalue weighted by Gasteiger charge is 2.25. The molecule has 1 aliphatic heterocycles. The van der Waals surface area contributed by atoms with E-state index < -0.39 is 0 Å².